The minimum atomic E-state index is -0.820. The highest BCUT2D eigenvalue weighted by molar-refractivity contribution is 5.75. The van der Waals surface area contributed by atoms with Gasteiger partial charge in [0.15, 0.2) is 0 Å². The third-order valence-electron chi connectivity index (χ3n) is 11.3. The van der Waals surface area contributed by atoms with Crippen LogP contribution in [0.1, 0.15) is 98.3 Å². The number of rotatable bonds is 4. The number of aliphatic hydroxyl groups is 2. The van der Waals surface area contributed by atoms with Crippen LogP contribution in [0, 0.1) is 40.4 Å². The quantitative estimate of drug-likeness (QED) is 0.547. The van der Waals surface area contributed by atoms with Gasteiger partial charge in [0.1, 0.15) is 6.61 Å². The van der Waals surface area contributed by atoms with Crippen LogP contribution in [-0.2, 0) is 9.63 Å². The first-order valence-corrected chi connectivity index (χ1v) is 14.1. The summed E-state index contributed by atoms with van der Waals surface area (Å²) in [6, 6.07) is 0. The van der Waals surface area contributed by atoms with E-state index < -0.39 is 5.60 Å². The van der Waals surface area contributed by atoms with Crippen molar-refractivity contribution in [1.29, 1.82) is 0 Å². The predicted molar refractivity (Wildman–Crippen MR) is 133 cm³/mol. The highest BCUT2D eigenvalue weighted by atomic mass is 16.7. The molecule has 3 saturated carbocycles. The van der Waals surface area contributed by atoms with Gasteiger partial charge < -0.3 is 10.2 Å². The van der Waals surface area contributed by atoms with Gasteiger partial charge >= 0.3 is 0 Å². The molecule has 5 heteroatoms. The van der Waals surface area contributed by atoms with Gasteiger partial charge in [0.05, 0.1) is 18.2 Å². The van der Waals surface area contributed by atoms with Crippen molar-refractivity contribution in [3.63, 3.8) is 0 Å². The van der Waals surface area contributed by atoms with Gasteiger partial charge in [0, 0.05) is 6.42 Å². The van der Waals surface area contributed by atoms with Crippen molar-refractivity contribution in [3.8, 4) is 0 Å². The molecular weight excluding hydrogens is 426 g/mol. The van der Waals surface area contributed by atoms with Gasteiger partial charge in [-0.1, -0.05) is 32.4 Å². The van der Waals surface area contributed by atoms with Crippen LogP contribution in [0.4, 0.5) is 0 Å². The van der Waals surface area contributed by atoms with E-state index in [-0.39, 0.29) is 18.6 Å². The Balaban J connectivity index is 1.22. The lowest BCUT2D eigenvalue weighted by atomic mass is 9.47. The fourth-order valence-corrected chi connectivity index (χ4v) is 9.19. The molecule has 0 spiro atoms. The molecule has 192 valence electrons. The molecule has 1 heterocycles. The van der Waals surface area contributed by atoms with Crippen LogP contribution in [0.5, 0.6) is 0 Å². The van der Waals surface area contributed by atoms with Gasteiger partial charge in [0.25, 0.3) is 0 Å². The lowest BCUT2D eigenvalue weighted by molar-refractivity contribution is -0.231. The molecular formula is C29H47NO4. The average Bonchev–Trinajstić information content (AvgIpc) is 3.15. The van der Waals surface area contributed by atoms with Gasteiger partial charge in [-0.3, -0.25) is 9.63 Å². The minimum absolute atomic E-state index is 0.0723. The zero-order valence-corrected chi connectivity index (χ0v) is 21.9. The molecule has 1 aliphatic heterocycles. The molecule has 0 unspecified atom stereocenters. The van der Waals surface area contributed by atoms with Gasteiger partial charge in [-0.2, -0.15) is 0 Å². The fraction of sp³-hybridized carbons (Fsp3) is 0.897. The third-order valence-corrected chi connectivity index (χ3v) is 11.3. The number of carbonyl (C=O) groups is 1. The number of fused-ring (bicyclic) bond motifs is 5. The first-order chi connectivity index (χ1) is 16.0. The van der Waals surface area contributed by atoms with Crippen LogP contribution in [0.15, 0.2) is 11.6 Å². The lowest BCUT2D eigenvalue weighted by Gasteiger charge is -2.58. The molecule has 1 amide bonds. The molecule has 0 radical (unpaired) electrons. The number of nitrogens with zero attached hydrogens (tertiary/aromatic N) is 1. The molecule has 4 fully saturated rings. The predicted octanol–water partition coefficient (Wildman–Crippen LogP) is 5.26. The van der Waals surface area contributed by atoms with E-state index in [1.54, 1.807) is 12.5 Å². The Morgan fingerprint density at radius 3 is 2.68 bits per heavy atom. The molecule has 34 heavy (non-hydrogen) atoms. The zero-order chi connectivity index (χ0) is 24.3. The number of allylic oxidation sites excluding steroid dienone is 1. The molecule has 9 atom stereocenters. The summed E-state index contributed by atoms with van der Waals surface area (Å²) < 4.78 is 0. The molecule has 5 rings (SSSR count). The Hall–Kier alpha value is -0.910. The number of hydroxylamine groups is 2. The highest BCUT2D eigenvalue weighted by Gasteiger charge is 2.59. The number of hydrogen-bond donors (Lipinski definition) is 2. The lowest BCUT2D eigenvalue weighted by Crippen LogP contribution is -2.50. The van der Waals surface area contributed by atoms with Gasteiger partial charge in [-0.25, -0.2) is 5.06 Å². The summed E-state index contributed by atoms with van der Waals surface area (Å²) in [5, 5.41) is 21.8. The van der Waals surface area contributed by atoms with E-state index in [0.717, 1.165) is 43.4 Å². The van der Waals surface area contributed by atoms with E-state index in [1.165, 1.54) is 37.2 Å². The van der Waals surface area contributed by atoms with Crippen LogP contribution in [0.3, 0.4) is 0 Å². The van der Waals surface area contributed by atoms with Gasteiger partial charge in [0.2, 0.25) is 5.91 Å². The van der Waals surface area contributed by atoms with E-state index in [0.29, 0.717) is 42.1 Å². The molecule has 1 saturated heterocycles. The summed E-state index contributed by atoms with van der Waals surface area (Å²) >= 11 is 0. The van der Waals surface area contributed by atoms with E-state index >= 15 is 0 Å². The third kappa shape index (κ3) is 4.18. The van der Waals surface area contributed by atoms with Crippen LogP contribution < -0.4 is 0 Å². The molecule has 4 aliphatic carbocycles. The first kappa shape index (κ1) is 24.8. The maximum atomic E-state index is 12.8. The zero-order valence-electron chi connectivity index (χ0n) is 21.9. The minimum Gasteiger partial charge on any atom is -0.393 e. The van der Waals surface area contributed by atoms with Crippen LogP contribution in [0.2, 0.25) is 0 Å². The van der Waals surface area contributed by atoms with Crippen molar-refractivity contribution in [3.05, 3.63) is 11.6 Å². The van der Waals surface area contributed by atoms with Crippen molar-refractivity contribution in [2.24, 2.45) is 40.4 Å². The fourth-order valence-electron chi connectivity index (χ4n) is 9.19. The van der Waals surface area contributed by atoms with Crippen LogP contribution >= 0.6 is 0 Å². The second-order valence-electron chi connectivity index (χ2n) is 13.4. The number of hydrogen-bond acceptors (Lipinski definition) is 4. The topological polar surface area (TPSA) is 70.0 Å². The van der Waals surface area contributed by atoms with E-state index in [1.807, 2.05) is 0 Å². The Bertz CT molecular complexity index is 813. The van der Waals surface area contributed by atoms with Crippen molar-refractivity contribution in [1.82, 2.24) is 5.06 Å². The SMILES string of the molecule is C[C@H](CCC(=O)N1CC[C@](C)(O)CO1)[C@H]1CC[C@H]2[C@@H]3CC=C4C[C@@H](O)CC[C@]4(C)[C@H]3CC[C@]12C. The smallest absolute Gasteiger partial charge is 0.246 e. The van der Waals surface area contributed by atoms with E-state index in [2.05, 4.69) is 26.8 Å². The molecule has 0 aromatic heterocycles. The summed E-state index contributed by atoms with van der Waals surface area (Å²) in [6.45, 7) is 9.91. The van der Waals surface area contributed by atoms with Crippen molar-refractivity contribution < 1.29 is 19.8 Å². The summed E-state index contributed by atoms with van der Waals surface area (Å²) in [6.07, 6.45) is 13.9. The maximum Gasteiger partial charge on any atom is 0.246 e. The van der Waals surface area contributed by atoms with Crippen LogP contribution in [0.25, 0.3) is 0 Å². The second-order valence-corrected chi connectivity index (χ2v) is 13.4. The molecule has 2 N–H and O–H groups in total. The molecule has 0 bridgehead atoms. The van der Waals surface area contributed by atoms with Gasteiger partial charge in [-0.15, -0.1) is 0 Å². The maximum absolute atomic E-state index is 12.8. The summed E-state index contributed by atoms with van der Waals surface area (Å²) in [4.78, 5) is 18.3. The molecule has 0 aromatic rings. The monoisotopic (exact) mass is 473 g/mol. The standard InChI is InChI=1S/C29H47NO4/c1-19(5-10-26(32)30-16-15-27(2,33)18-34-30)23-8-9-24-22-7-6-20-17-21(31)11-13-28(20,3)25(22)12-14-29(23,24)4/h6,19,21-25,31,33H,5,7-18H2,1-4H3/t19-,21+,22+,23-,24+,25+,27+,28+,29-/m1/s1. The summed E-state index contributed by atoms with van der Waals surface area (Å²) in [7, 11) is 0. The van der Waals surface area contributed by atoms with Crippen molar-refractivity contribution >= 4 is 5.91 Å². The first-order valence-electron chi connectivity index (χ1n) is 14.1. The summed E-state index contributed by atoms with van der Waals surface area (Å²) in [5.41, 5.74) is 1.43. The molecule has 0 aromatic carbocycles. The van der Waals surface area contributed by atoms with Crippen molar-refractivity contribution in [2.45, 2.75) is 110 Å². The van der Waals surface area contributed by atoms with Crippen molar-refractivity contribution in [2.75, 3.05) is 13.2 Å². The normalized spacial score (nSPS) is 47.3. The number of amides is 1. The highest BCUT2D eigenvalue weighted by Crippen LogP contribution is 2.67. The Labute approximate surface area is 206 Å². The van der Waals surface area contributed by atoms with Gasteiger partial charge in [-0.05, 0) is 112 Å². The van der Waals surface area contributed by atoms with Crippen LogP contribution in [-0.4, -0.2) is 46.0 Å². The number of carbonyl (C=O) groups excluding carboxylic acids is 1. The van der Waals surface area contributed by atoms with E-state index in [4.69, 9.17) is 4.84 Å². The Kier molecular flexibility index (Phi) is 6.47. The largest absolute Gasteiger partial charge is 0.393 e. The number of aliphatic hydroxyl groups excluding tert-OH is 1. The molecule has 5 nitrogen and oxygen atoms in total. The van der Waals surface area contributed by atoms with E-state index in [9.17, 15) is 15.0 Å². The Morgan fingerprint density at radius 2 is 1.94 bits per heavy atom. The molecule has 5 aliphatic rings. The Morgan fingerprint density at radius 1 is 1.15 bits per heavy atom. The second kappa shape index (κ2) is 8.88. The average molecular weight is 474 g/mol. The summed E-state index contributed by atoms with van der Waals surface area (Å²) in [5.74, 6) is 3.67.